The lowest BCUT2D eigenvalue weighted by molar-refractivity contribution is 0.619. The molecule has 0 spiro atoms. The summed E-state index contributed by atoms with van der Waals surface area (Å²) in [5.41, 5.74) is 2.04. The molecule has 1 aromatic heterocycles. The summed E-state index contributed by atoms with van der Waals surface area (Å²) in [5, 5.41) is 20.8. The Labute approximate surface area is 109 Å². The minimum Gasteiger partial charge on any atom is -0.381 e. The number of benzene rings is 1. The molecular formula is C14H9FN4. The van der Waals surface area contributed by atoms with Crippen LogP contribution in [0.4, 0.5) is 10.1 Å². The molecule has 0 aliphatic carbocycles. The molecule has 19 heavy (non-hydrogen) atoms. The van der Waals surface area contributed by atoms with Gasteiger partial charge in [0.25, 0.3) is 0 Å². The van der Waals surface area contributed by atoms with Crippen LogP contribution in [0.5, 0.6) is 0 Å². The van der Waals surface area contributed by atoms with Crippen molar-refractivity contribution in [2.45, 2.75) is 6.54 Å². The molecule has 4 nitrogen and oxygen atoms in total. The van der Waals surface area contributed by atoms with E-state index >= 15 is 0 Å². The van der Waals surface area contributed by atoms with Crippen LogP contribution in [0, 0.1) is 28.5 Å². The molecular weight excluding hydrogens is 243 g/mol. The Balaban J connectivity index is 2.13. The van der Waals surface area contributed by atoms with Crippen LogP contribution in [0.15, 0.2) is 36.7 Å². The van der Waals surface area contributed by atoms with Gasteiger partial charge in [-0.3, -0.25) is 4.98 Å². The molecule has 92 valence electrons. The Morgan fingerprint density at radius 2 is 1.89 bits per heavy atom. The average Bonchev–Trinajstić information content (AvgIpc) is 2.45. The number of pyridine rings is 1. The van der Waals surface area contributed by atoms with Gasteiger partial charge in [0.2, 0.25) is 0 Å². The molecule has 0 bridgehead atoms. The zero-order valence-electron chi connectivity index (χ0n) is 9.89. The van der Waals surface area contributed by atoms with Gasteiger partial charge in [-0.05, 0) is 29.8 Å². The van der Waals surface area contributed by atoms with Crippen molar-refractivity contribution in [3.8, 4) is 12.1 Å². The first kappa shape index (κ1) is 12.5. The maximum Gasteiger partial charge on any atom is 0.141 e. The van der Waals surface area contributed by atoms with Crippen LogP contribution >= 0.6 is 0 Å². The topological polar surface area (TPSA) is 72.5 Å². The van der Waals surface area contributed by atoms with E-state index in [4.69, 9.17) is 10.5 Å². The van der Waals surface area contributed by atoms with Crippen molar-refractivity contribution in [1.82, 2.24) is 4.98 Å². The van der Waals surface area contributed by atoms with Crippen molar-refractivity contribution in [3.05, 3.63) is 59.2 Å². The second-order valence-corrected chi connectivity index (χ2v) is 3.85. The first-order valence-corrected chi connectivity index (χ1v) is 5.50. The van der Waals surface area contributed by atoms with Crippen molar-refractivity contribution < 1.29 is 4.39 Å². The van der Waals surface area contributed by atoms with Crippen LogP contribution in [-0.2, 0) is 6.54 Å². The van der Waals surface area contributed by atoms with Crippen LogP contribution in [0.1, 0.15) is 16.7 Å². The van der Waals surface area contributed by atoms with E-state index in [2.05, 4.69) is 10.3 Å². The molecule has 0 saturated carbocycles. The Morgan fingerprint density at radius 1 is 1.11 bits per heavy atom. The van der Waals surface area contributed by atoms with Crippen LogP contribution in [-0.4, -0.2) is 4.98 Å². The first-order valence-electron chi connectivity index (χ1n) is 5.50. The Hall–Kier alpha value is -2.92. The van der Waals surface area contributed by atoms with Gasteiger partial charge in [-0.25, -0.2) is 4.39 Å². The predicted octanol–water partition coefficient (Wildman–Crippen LogP) is 2.58. The van der Waals surface area contributed by atoms with Crippen molar-refractivity contribution >= 4 is 5.69 Å². The van der Waals surface area contributed by atoms with Crippen LogP contribution in [0.25, 0.3) is 0 Å². The largest absolute Gasteiger partial charge is 0.381 e. The number of nitriles is 2. The second kappa shape index (κ2) is 5.61. The highest BCUT2D eigenvalue weighted by Gasteiger charge is 2.03. The third-order valence-corrected chi connectivity index (χ3v) is 2.52. The minimum atomic E-state index is -0.392. The zero-order chi connectivity index (χ0) is 13.7. The van der Waals surface area contributed by atoms with E-state index < -0.39 is 5.82 Å². The molecule has 0 saturated heterocycles. The van der Waals surface area contributed by atoms with E-state index in [1.54, 1.807) is 24.4 Å². The fraction of sp³-hybridized carbons (Fsp3) is 0.0714. The molecule has 2 rings (SSSR count). The van der Waals surface area contributed by atoms with Gasteiger partial charge in [-0.2, -0.15) is 10.5 Å². The van der Waals surface area contributed by atoms with E-state index in [1.807, 2.05) is 12.1 Å². The van der Waals surface area contributed by atoms with Crippen molar-refractivity contribution in [2.75, 3.05) is 5.32 Å². The molecule has 5 heteroatoms. The minimum absolute atomic E-state index is 0.310. The Morgan fingerprint density at radius 3 is 2.58 bits per heavy atom. The van der Waals surface area contributed by atoms with Gasteiger partial charge in [0.05, 0.1) is 17.3 Å². The lowest BCUT2D eigenvalue weighted by atomic mass is 10.1. The normalized spacial score (nSPS) is 9.42. The monoisotopic (exact) mass is 252 g/mol. The number of anilines is 1. The molecule has 0 fully saturated rings. The molecule has 1 N–H and O–H groups in total. The number of hydrogen-bond donors (Lipinski definition) is 1. The zero-order valence-corrected chi connectivity index (χ0v) is 9.89. The average molecular weight is 252 g/mol. The molecule has 2 aromatic rings. The number of nitrogens with zero attached hydrogens (tertiary/aromatic N) is 3. The summed E-state index contributed by atoms with van der Waals surface area (Å²) in [6, 6.07) is 10.2. The van der Waals surface area contributed by atoms with E-state index in [0.717, 1.165) is 6.20 Å². The molecule has 0 aliphatic heterocycles. The highest BCUT2D eigenvalue weighted by molar-refractivity contribution is 5.56. The first-order chi connectivity index (χ1) is 9.22. The standard InChI is InChI=1S/C14H9FN4/c15-13-3-10(7-18-9-13)8-19-14-2-1-11(5-16)12(4-14)6-17/h1-4,7,9,19H,8H2. The lowest BCUT2D eigenvalue weighted by Crippen LogP contribution is -2.01. The molecule has 0 atom stereocenters. The highest BCUT2D eigenvalue weighted by atomic mass is 19.1. The number of hydrogen-bond acceptors (Lipinski definition) is 4. The van der Waals surface area contributed by atoms with Gasteiger partial charge in [-0.1, -0.05) is 0 Å². The Bertz CT molecular complexity index is 683. The molecule has 1 aromatic carbocycles. The summed E-state index contributed by atoms with van der Waals surface area (Å²) in [4.78, 5) is 3.75. The number of nitrogens with one attached hydrogen (secondary N) is 1. The summed E-state index contributed by atoms with van der Waals surface area (Å²) in [7, 11) is 0. The number of rotatable bonds is 3. The van der Waals surface area contributed by atoms with Crippen molar-refractivity contribution in [2.24, 2.45) is 0 Å². The third-order valence-electron chi connectivity index (χ3n) is 2.52. The van der Waals surface area contributed by atoms with Crippen LogP contribution in [0.3, 0.4) is 0 Å². The maximum absolute atomic E-state index is 12.9. The van der Waals surface area contributed by atoms with Gasteiger partial charge >= 0.3 is 0 Å². The summed E-state index contributed by atoms with van der Waals surface area (Å²) in [6.07, 6.45) is 2.70. The fourth-order valence-electron chi connectivity index (χ4n) is 1.60. The summed E-state index contributed by atoms with van der Waals surface area (Å²) in [6.45, 7) is 0.390. The van der Waals surface area contributed by atoms with Crippen LogP contribution < -0.4 is 5.32 Å². The van der Waals surface area contributed by atoms with Crippen molar-refractivity contribution in [3.63, 3.8) is 0 Å². The molecule has 0 unspecified atom stereocenters. The van der Waals surface area contributed by atoms with Gasteiger partial charge in [-0.15, -0.1) is 0 Å². The van der Waals surface area contributed by atoms with E-state index in [1.165, 1.54) is 6.07 Å². The predicted molar refractivity (Wildman–Crippen MR) is 67.4 cm³/mol. The van der Waals surface area contributed by atoms with E-state index in [0.29, 0.717) is 28.9 Å². The lowest BCUT2D eigenvalue weighted by Gasteiger charge is -2.07. The summed E-state index contributed by atoms with van der Waals surface area (Å²) >= 11 is 0. The highest BCUT2D eigenvalue weighted by Crippen LogP contribution is 2.15. The summed E-state index contributed by atoms with van der Waals surface area (Å²) < 4.78 is 12.9. The quantitative estimate of drug-likeness (QED) is 0.911. The molecule has 1 heterocycles. The number of aromatic nitrogens is 1. The van der Waals surface area contributed by atoms with Gasteiger partial charge in [0.1, 0.15) is 18.0 Å². The van der Waals surface area contributed by atoms with E-state index in [-0.39, 0.29) is 0 Å². The number of halogens is 1. The van der Waals surface area contributed by atoms with Gasteiger partial charge < -0.3 is 5.32 Å². The van der Waals surface area contributed by atoms with Crippen LogP contribution in [0.2, 0.25) is 0 Å². The summed E-state index contributed by atoms with van der Waals surface area (Å²) in [5.74, 6) is -0.392. The van der Waals surface area contributed by atoms with Gasteiger partial charge in [0, 0.05) is 18.4 Å². The fourth-order valence-corrected chi connectivity index (χ4v) is 1.60. The van der Waals surface area contributed by atoms with E-state index in [9.17, 15) is 4.39 Å². The SMILES string of the molecule is N#Cc1ccc(NCc2cncc(F)c2)cc1C#N. The Kier molecular flexibility index (Phi) is 3.70. The maximum atomic E-state index is 12.9. The van der Waals surface area contributed by atoms with Crippen molar-refractivity contribution in [1.29, 1.82) is 10.5 Å². The molecule has 0 amide bonds. The third kappa shape index (κ3) is 3.05. The molecule has 0 radical (unpaired) electrons. The van der Waals surface area contributed by atoms with Gasteiger partial charge in [0.15, 0.2) is 0 Å². The smallest absolute Gasteiger partial charge is 0.141 e. The second-order valence-electron chi connectivity index (χ2n) is 3.85. The molecule has 0 aliphatic rings.